The van der Waals surface area contributed by atoms with Gasteiger partial charge in [-0.25, -0.2) is 4.98 Å². The molecule has 1 aromatic rings. The summed E-state index contributed by atoms with van der Waals surface area (Å²) in [6, 6.07) is 1.22. The van der Waals surface area contributed by atoms with Gasteiger partial charge in [0.15, 0.2) is 0 Å². The summed E-state index contributed by atoms with van der Waals surface area (Å²) in [4.78, 5) is 18.1. The van der Waals surface area contributed by atoms with Crippen LogP contribution in [0.1, 0.15) is 6.92 Å². The molecule has 2 rings (SSSR count). The van der Waals surface area contributed by atoms with E-state index >= 15 is 0 Å². The van der Waals surface area contributed by atoms with E-state index in [9.17, 15) is 4.79 Å². The number of nitrogens with two attached hydrogens (primary N) is 1. The number of rotatable bonds is 3. The molecule has 1 aliphatic heterocycles. The number of aromatic nitrogens is 1. The van der Waals surface area contributed by atoms with E-state index in [1.807, 2.05) is 11.8 Å². The first-order chi connectivity index (χ1) is 9.13. The highest BCUT2D eigenvalue weighted by Gasteiger charge is 2.31. The molecule has 0 aromatic carbocycles. The van der Waals surface area contributed by atoms with Gasteiger partial charge in [0.05, 0.1) is 30.1 Å². The lowest BCUT2D eigenvalue weighted by atomic mass is 10.2. The second kappa shape index (κ2) is 6.08. The third-order valence-corrected chi connectivity index (χ3v) is 3.18. The van der Waals surface area contributed by atoms with Crippen LogP contribution >= 0.6 is 11.6 Å². The number of amides is 1. The van der Waals surface area contributed by atoms with Crippen molar-refractivity contribution in [3.05, 3.63) is 17.3 Å². The molecular formula is C12H17ClN4O2. The van der Waals surface area contributed by atoms with Crippen molar-refractivity contribution >= 4 is 29.0 Å². The van der Waals surface area contributed by atoms with Crippen LogP contribution in [0.2, 0.25) is 5.02 Å². The quantitative estimate of drug-likeness (QED) is 0.852. The SMILES string of the molecule is CCNC(=O)C1COCCN1c1ncc(N)cc1Cl. The molecule has 0 radical (unpaired) electrons. The number of carbonyl (C=O) groups is 1. The molecule has 1 aromatic heterocycles. The monoisotopic (exact) mass is 284 g/mol. The molecule has 0 saturated carbocycles. The number of carbonyl (C=O) groups excluding carboxylic acids is 1. The zero-order chi connectivity index (χ0) is 13.8. The summed E-state index contributed by atoms with van der Waals surface area (Å²) in [6.07, 6.45) is 1.53. The lowest BCUT2D eigenvalue weighted by Gasteiger charge is -2.35. The molecule has 6 nitrogen and oxygen atoms in total. The number of pyridine rings is 1. The first-order valence-electron chi connectivity index (χ1n) is 6.16. The summed E-state index contributed by atoms with van der Waals surface area (Å²) in [5.41, 5.74) is 6.13. The number of likely N-dealkylation sites (N-methyl/N-ethyl adjacent to an activating group) is 1. The summed E-state index contributed by atoms with van der Waals surface area (Å²) in [5, 5.41) is 3.23. The van der Waals surface area contributed by atoms with Gasteiger partial charge in [-0.05, 0) is 13.0 Å². The van der Waals surface area contributed by atoms with Crippen molar-refractivity contribution in [1.29, 1.82) is 0 Å². The molecule has 1 unspecified atom stereocenters. The minimum Gasteiger partial charge on any atom is -0.397 e. The number of halogens is 1. The standard InChI is InChI=1S/C12H17ClN4O2/c1-2-15-12(18)10-7-19-4-3-17(10)11-9(13)5-8(14)6-16-11/h5-6,10H,2-4,7,14H2,1H3,(H,15,18). The van der Waals surface area contributed by atoms with Gasteiger partial charge >= 0.3 is 0 Å². The third kappa shape index (κ3) is 3.08. The molecule has 7 heteroatoms. The van der Waals surface area contributed by atoms with Crippen LogP contribution in [0, 0.1) is 0 Å². The molecule has 19 heavy (non-hydrogen) atoms. The van der Waals surface area contributed by atoms with E-state index in [0.29, 0.717) is 42.8 Å². The second-order valence-electron chi connectivity index (χ2n) is 4.25. The van der Waals surface area contributed by atoms with E-state index in [1.165, 1.54) is 6.20 Å². The van der Waals surface area contributed by atoms with Gasteiger partial charge in [0.25, 0.3) is 0 Å². The van der Waals surface area contributed by atoms with Gasteiger partial charge in [0.1, 0.15) is 11.9 Å². The largest absolute Gasteiger partial charge is 0.397 e. The number of anilines is 2. The Hall–Kier alpha value is -1.53. The Morgan fingerprint density at radius 3 is 3.21 bits per heavy atom. The number of hydrogen-bond donors (Lipinski definition) is 2. The van der Waals surface area contributed by atoms with Crippen LogP contribution in [0.4, 0.5) is 11.5 Å². The second-order valence-corrected chi connectivity index (χ2v) is 4.66. The highest BCUT2D eigenvalue weighted by molar-refractivity contribution is 6.33. The lowest BCUT2D eigenvalue weighted by Crippen LogP contribution is -2.54. The van der Waals surface area contributed by atoms with Crippen molar-refractivity contribution in [2.24, 2.45) is 0 Å². The van der Waals surface area contributed by atoms with Crippen LogP contribution < -0.4 is 16.0 Å². The van der Waals surface area contributed by atoms with Gasteiger partial charge in [-0.2, -0.15) is 0 Å². The number of nitrogens with one attached hydrogen (secondary N) is 1. The average Bonchev–Trinajstić information content (AvgIpc) is 2.39. The van der Waals surface area contributed by atoms with Crippen molar-refractivity contribution < 1.29 is 9.53 Å². The number of nitrogens with zero attached hydrogens (tertiary/aromatic N) is 2. The number of hydrogen-bond acceptors (Lipinski definition) is 5. The van der Waals surface area contributed by atoms with Gasteiger partial charge in [0.2, 0.25) is 5.91 Å². The molecule has 1 atom stereocenters. The fraction of sp³-hybridized carbons (Fsp3) is 0.500. The van der Waals surface area contributed by atoms with Crippen molar-refractivity contribution in [3.8, 4) is 0 Å². The maximum Gasteiger partial charge on any atom is 0.245 e. The highest BCUT2D eigenvalue weighted by atomic mass is 35.5. The van der Waals surface area contributed by atoms with E-state index in [0.717, 1.165) is 0 Å². The van der Waals surface area contributed by atoms with Gasteiger partial charge in [-0.15, -0.1) is 0 Å². The fourth-order valence-electron chi connectivity index (χ4n) is 2.02. The zero-order valence-electron chi connectivity index (χ0n) is 10.7. The molecule has 0 spiro atoms. The van der Waals surface area contributed by atoms with Crippen molar-refractivity contribution in [1.82, 2.24) is 10.3 Å². The molecule has 3 N–H and O–H groups in total. The maximum absolute atomic E-state index is 12.0. The Morgan fingerprint density at radius 2 is 2.53 bits per heavy atom. The van der Waals surface area contributed by atoms with Crippen LogP contribution in [0.15, 0.2) is 12.3 Å². The minimum absolute atomic E-state index is 0.0862. The molecule has 1 fully saturated rings. The summed E-state index contributed by atoms with van der Waals surface area (Å²) in [5.74, 6) is 0.479. The van der Waals surface area contributed by atoms with Crippen LogP contribution in [0.25, 0.3) is 0 Å². The van der Waals surface area contributed by atoms with Crippen molar-refractivity contribution in [3.63, 3.8) is 0 Å². The zero-order valence-corrected chi connectivity index (χ0v) is 11.5. The lowest BCUT2D eigenvalue weighted by molar-refractivity contribution is -0.124. The first kappa shape index (κ1) is 13.9. The Morgan fingerprint density at radius 1 is 1.74 bits per heavy atom. The van der Waals surface area contributed by atoms with E-state index in [4.69, 9.17) is 22.1 Å². The molecule has 1 amide bonds. The minimum atomic E-state index is -0.415. The molecule has 1 saturated heterocycles. The Kier molecular flexibility index (Phi) is 4.44. The van der Waals surface area contributed by atoms with Gasteiger partial charge in [-0.1, -0.05) is 11.6 Å². The van der Waals surface area contributed by atoms with E-state index in [1.54, 1.807) is 6.07 Å². The van der Waals surface area contributed by atoms with Crippen LogP contribution in [-0.2, 0) is 9.53 Å². The number of nitrogen functional groups attached to an aromatic ring is 1. The predicted octanol–water partition coefficient (Wildman–Crippen LogP) is 0.658. The Bertz CT molecular complexity index is 469. The van der Waals surface area contributed by atoms with Crippen LogP contribution in [-0.4, -0.2) is 43.2 Å². The Labute approximate surface area is 116 Å². The molecule has 0 bridgehead atoms. The summed E-state index contributed by atoms with van der Waals surface area (Å²) < 4.78 is 5.37. The third-order valence-electron chi connectivity index (χ3n) is 2.90. The predicted molar refractivity (Wildman–Crippen MR) is 74.3 cm³/mol. The maximum atomic E-state index is 12.0. The van der Waals surface area contributed by atoms with Gasteiger partial charge < -0.3 is 20.7 Å². The van der Waals surface area contributed by atoms with Gasteiger partial charge in [-0.3, -0.25) is 4.79 Å². The molecule has 0 aliphatic carbocycles. The number of ether oxygens (including phenoxy) is 1. The summed E-state index contributed by atoms with van der Waals surface area (Å²) in [7, 11) is 0. The van der Waals surface area contributed by atoms with Crippen molar-refractivity contribution in [2.45, 2.75) is 13.0 Å². The first-order valence-corrected chi connectivity index (χ1v) is 6.54. The average molecular weight is 285 g/mol. The van der Waals surface area contributed by atoms with E-state index in [-0.39, 0.29) is 5.91 Å². The fourth-order valence-corrected chi connectivity index (χ4v) is 2.31. The van der Waals surface area contributed by atoms with E-state index in [2.05, 4.69) is 10.3 Å². The summed E-state index contributed by atoms with van der Waals surface area (Å²) in [6.45, 7) is 3.89. The highest BCUT2D eigenvalue weighted by Crippen LogP contribution is 2.27. The molecule has 2 heterocycles. The number of morpholine rings is 1. The molecular weight excluding hydrogens is 268 g/mol. The van der Waals surface area contributed by atoms with E-state index < -0.39 is 6.04 Å². The summed E-state index contributed by atoms with van der Waals surface area (Å²) >= 11 is 6.15. The normalized spacial score (nSPS) is 19.3. The Balaban J connectivity index is 2.26. The molecule has 1 aliphatic rings. The van der Waals surface area contributed by atoms with Crippen LogP contribution in [0.5, 0.6) is 0 Å². The van der Waals surface area contributed by atoms with Gasteiger partial charge in [0, 0.05) is 13.1 Å². The van der Waals surface area contributed by atoms with Crippen molar-refractivity contribution in [2.75, 3.05) is 36.9 Å². The molecule has 104 valence electrons. The smallest absolute Gasteiger partial charge is 0.245 e. The van der Waals surface area contributed by atoms with Crippen LogP contribution in [0.3, 0.4) is 0 Å². The topological polar surface area (TPSA) is 80.5 Å².